The van der Waals surface area contributed by atoms with E-state index in [0.29, 0.717) is 5.92 Å². The van der Waals surface area contributed by atoms with Gasteiger partial charge < -0.3 is 0 Å². The summed E-state index contributed by atoms with van der Waals surface area (Å²) in [4.78, 5) is 16.0. The van der Waals surface area contributed by atoms with Crippen molar-refractivity contribution < 1.29 is 4.79 Å². The van der Waals surface area contributed by atoms with E-state index < -0.39 is 0 Å². The van der Waals surface area contributed by atoms with E-state index >= 15 is 0 Å². The van der Waals surface area contributed by atoms with Crippen molar-refractivity contribution in [2.24, 2.45) is 5.92 Å². The number of carbonyl (C=O) groups excluding carboxylic acids is 1. The van der Waals surface area contributed by atoms with Gasteiger partial charge in [-0.25, -0.2) is 0 Å². The Morgan fingerprint density at radius 2 is 2.15 bits per heavy atom. The maximum absolute atomic E-state index is 11.7. The zero-order chi connectivity index (χ0) is 9.42. The number of carbonyl (C=O) groups is 1. The van der Waals surface area contributed by atoms with Gasteiger partial charge in [-0.05, 0) is 24.5 Å². The van der Waals surface area contributed by atoms with Gasteiger partial charge in [0, 0.05) is 17.7 Å². The normalized spacial score (nSPS) is 27.1. The molecule has 0 saturated carbocycles. The Bertz CT molecular complexity index is 346. The minimum Gasteiger partial charge on any atom is -0.294 e. The third-order valence-corrected chi connectivity index (χ3v) is 2.73. The average molecular weight is 175 g/mol. The van der Waals surface area contributed by atoms with Gasteiger partial charge in [0.05, 0.1) is 5.69 Å². The molecule has 2 nitrogen and oxygen atoms in total. The highest BCUT2D eigenvalue weighted by Crippen LogP contribution is 2.32. The van der Waals surface area contributed by atoms with Gasteiger partial charge in [-0.2, -0.15) is 0 Å². The molecule has 0 spiro atoms. The molecule has 68 valence electrons. The Hall–Kier alpha value is -1.18. The average Bonchev–Trinajstić information content (AvgIpc) is 2.15. The summed E-state index contributed by atoms with van der Waals surface area (Å²) in [6.07, 6.45) is 2.70. The van der Waals surface area contributed by atoms with E-state index in [0.717, 1.165) is 17.7 Å². The third kappa shape index (κ3) is 1.26. The van der Waals surface area contributed by atoms with Gasteiger partial charge in [0.1, 0.15) is 0 Å². The van der Waals surface area contributed by atoms with Crippen molar-refractivity contribution >= 4 is 5.78 Å². The van der Waals surface area contributed by atoms with E-state index in [9.17, 15) is 4.79 Å². The van der Waals surface area contributed by atoms with Crippen LogP contribution < -0.4 is 0 Å². The molecule has 1 aliphatic carbocycles. The maximum Gasteiger partial charge on any atom is 0.167 e. The third-order valence-electron chi connectivity index (χ3n) is 2.73. The van der Waals surface area contributed by atoms with E-state index in [2.05, 4.69) is 11.9 Å². The van der Waals surface area contributed by atoms with Crippen molar-refractivity contribution in [3.8, 4) is 0 Å². The van der Waals surface area contributed by atoms with Crippen molar-refractivity contribution in [2.45, 2.75) is 26.2 Å². The molecule has 0 bridgehead atoms. The fourth-order valence-corrected chi connectivity index (χ4v) is 2.03. The number of pyridine rings is 1. The topological polar surface area (TPSA) is 30.0 Å². The van der Waals surface area contributed by atoms with Gasteiger partial charge in [-0.1, -0.05) is 13.8 Å². The van der Waals surface area contributed by atoms with Gasteiger partial charge in [-0.15, -0.1) is 0 Å². The quantitative estimate of drug-likeness (QED) is 0.606. The van der Waals surface area contributed by atoms with E-state index in [1.165, 1.54) is 0 Å². The molecule has 1 aromatic heterocycles. The Balaban J connectivity index is 2.54. The zero-order valence-corrected chi connectivity index (χ0v) is 7.95. The number of hydrogen-bond acceptors (Lipinski definition) is 2. The summed E-state index contributed by atoms with van der Waals surface area (Å²) in [5.41, 5.74) is 1.80. The smallest absolute Gasteiger partial charge is 0.167 e. The van der Waals surface area contributed by atoms with Crippen LogP contribution in [0.1, 0.15) is 42.2 Å². The summed E-state index contributed by atoms with van der Waals surface area (Å²) in [7, 11) is 0. The van der Waals surface area contributed by atoms with Crippen molar-refractivity contribution in [1.82, 2.24) is 4.98 Å². The van der Waals surface area contributed by atoms with Gasteiger partial charge in [0.25, 0.3) is 0 Å². The molecule has 0 amide bonds. The first-order chi connectivity index (χ1) is 6.20. The van der Waals surface area contributed by atoms with Crippen LogP contribution in [0.3, 0.4) is 0 Å². The van der Waals surface area contributed by atoms with E-state index in [1.54, 1.807) is 6.20 Å². The van der Waals surface area contributed by atoms with Crippen molar-refractivity contribution in [3.05, 3.63) is 29.6 Å². The molecule has 0 fully saturated rings. The lowest BCUT2D eigenvalue weighted by Gasteiger charge is -2.24. The minimum atomic E-state index is 0.159. The summed E-state index contributed by atoms with van der Waals surface area (Å²) >= 11 is 0. The van der Waals surface area contributed by atoms with Crippen LogP contribution in [-0.4, -0.2) is 10.8 Å². The molecular formula is C11H13NO. The molecule has 13 heavy (non-hydrogen) atoms. The summed E-state index contributed by atoms with van der Waals surface area (Å²) in [5, 5.41) is 0. The van der Waals surface area contributed by atoms with Crippen LogP contribution in [0.4, 0.5) is 0 Å². The Morgan fingerprint density at radius 1 is 1.38 bits per heavy atom. The van der Waals surface area contributed by atoms with Gasteiger partial charge in [-0.3, -0.25) is 9.78 Å². The Labute approximate surface area is 78.0 Å². The lowest BCUT2D eigenvalue weighted by Crippen LogP contribution is -2.23. The first-order valence-corrected chi connectivity index (χ1v) is 4.69. The highest BCUT2D eigenvalue weighted by atomic mass is 16.1. The molecule has 0 unspecified atom stereocenters. The number of rotatable bonds is 0. The van der Waals surface area contributed by atoms with E-state index in [-0.39, 0.29) is 11.7 Å². The van der Waals surface area contributed by atoms with Crippen LogP contribution in [-0.2, 0) is 0 Å². The van der Waals surface area contributed by atoms with Crippen LogP contribution in [0.15, 0.2) is 18.3 Å². The fraction of sp³-hybridized carbons (Fsp3) is 0.455. The second kappa shape index (κ2) is 2.95. The second-order valence-corrected chi connectivity index (χ2v) is 3.84. The number of fused-ring (bicyclic) bond motifs is 1. The van der Waals surface area contributed by atoms with Crippen molar-refractivity contribution in [3.63, 3.8) is 0 Å². The fourth-order valence-electron chi connectivity index (χ4n) is 2.03. The lowest BCUT2D eigenvalue weighted by molar-refractivity contribution is 0.0905. The predicted octanol–water partition coefficient (Wildman–Crippen LogP) is 2.41. The summed E-state index contributed by atoms with van der Waals surface area (Å²) in [6, 6.07) is 3.72. The second-order valence-electron chi connectivity index (χ2n) is 3.84. The number of hydrogen-bond donors (Lipinski definition) is 0. The predicted molar refractivity (Wildman–Crippen MR) is 50.8 cm³/mol. The summed E-state index contributed by atoms with van der Waals surface area (Å²) in [5.74, 6) is 0.830. The van der Waals surface area contributed by atoms with Crippen LogP contribution in [0, 0.1) is 5.92 Å². The highest BCUT2D eigenvalue weighted by molar-refractivity contribution is 5.99. The van der Waals surface area contributed by atoms with Crippen LogP contribution in [0.2, 0.25) is 0 Å². The van der Waals surface area contributed by atoms with E-state index in [4.69, 9.17) is 0 Å². The molecule has 2 heteroatoms. The number of ketones is 1. The monoisotopic (exact) mass is 175 g/mol. The van der Waals surface area contributed by atoms with Gasteiger partial charge in [0.2, 0.25) is 0 Å². The van der Waals surface area contributed by atoms with Gasteiger partial charge >= 0.3 is 0 Å². The molecule has 0 aliphatic heterocycles. The highest BCUT2D eigenvalue weighted by Gasteiger charge is 2.28. The SMILES string of the molecule is C[C@H]1C[C@H](C)c2ncccc2C1=O. The molecule has 2 rings (SSSR count). The molecule has 0 saturated heterocycles. The molecule has 0 aromatic carbocycles. The molecule has 1 aliphatic rings. The Kier molecular flexibility index (Phi) is 1.91. The molecule has 1 heterocycles. The lowest BCUT2D eigenvalue weighted by atomic mass is 9.80. The molecule has 1 aromatic rings. The van der Waals surface area contributed by atoms with Crippen molar-refractivity contribution in [1.29, 1.82) is 0 Å². The molecule has 0 radical (unpaired) electrons. The largest absolute Gasteiger partial charge is 0.294 e. The standard InChI is InChI=1S/C11H13NO/c1-7-6-8(2)11(13)9-4-3-5-12-10(7)9/h3-5,7-8H,6H2,1-2H3/t7-,8-/m0/s1. The number of aromatic nitrogens is 1. The molecular weight excluding hydrogens is 162 g/mol. The summed E-state index contributed by atoms with van der Waals surface area (Å²) in [6.45, 7) is 4.13. The number of nitrogens with zero attached hydrogens (tertiary/aromatic N) is 1. The zero-order valence-electron chi connectivity index (χ0n) is 7.95. The molecule has 0 N–H and O–H groups in total. The van der Waals surface area contributed by atoms with Gasteiger partial charge in [0.15, 0.2) is 5.78 Å². The first kappa shape index (κ1) is 8.42. The molecule has 2 atom stereocenters. The first-order valence-electron chi connectivity index (χ1n) is 4.69. The van der Waals surface area contributed by atoms with Crippen LogP contribution in [0.5, 0.6) is 0 Å². The van der Waals surface area contributed by atoms with Crippen LogP contribution >= 0.6 is 0 Å². The minimum absolute atomic E-state index is 0.159. The van der Waals surface area contributed by atoms with Crippen LogP contribution in [0.25, 0.3) is 0 Å². The van der Waals surface area contributed by atoms with E-state index in [1.807, 2.05) is 19.1 Å². The summed E-state index contributed by atoms with van der Waals surface area (Å²) < 4.78 is 0. The number of Topliss-reactive ketones (excluding diaryl/α,β-unsaturated/α-hetero) is 1. The van der Waals surface area contributed by atoms with Crippen molar-refractivity contribution in [2.75, 3.05) is 0 Å². The Morgan fingerprint density at radius 3 is 2.92 bits per heavy atom. The maximum atomic E-state index is 11.7.